The molecule has 0 fully saturated rings. The van der Waals surface area contributed by atoms with Crippen LogP contribution in [0, 0.1) is 12.7 Å². The van der Waals surface area contributed by atoms with E-state index in [0.29, 0.717) is 10.8 Å². The lowest BCUT2D eigenvalue weighted by Gasteiger charge is -2.13. The van der Waals surface area contributed by atoms with Crippen LogP contribution in [0.1, 0.15) is 5.56 Å². The van der Waals surface area contributed by atoms with Crippen molar-refractivity contribution in [3.63, 3.8) is 0 Å². The zero-order valence-corrected chi connectivity index (χ0v) is 11.6. The summed E-state index contributed by atoms with van der Waals surface area (Å²) in [5.41, 5.74) is 6.32. The van der Waals surface area contributed by atoms with Crippen LogP contribution in [0.5, 0.6) is 17.2 Å². The molecule has 7 heteroatoms. The Morgan fingerprint density at radius 2 is 1.81 bits per heavy atom. The van der Waals surface area contributed by atoms with E-state index in [9.17, 15) is 13.2 Å². The van der Waals surface area contributed by atoms with E-state index in [-0.39, 0.29) is 11.4 Å². The number of halogens is 4. The third kappa shape index (κ3) is 3.72. The van der Waals surface area contributed by atoms with Crippen LogP contribution in [0.4, 0.5) is 18.9 Å². The zero-order chi connectivity index (χ0) is 15.6. The number of hydrogen-bond donors (Lipinski definition) is 1. The molecule has 0 aliphatic rings. The molecule has 2 aromatic rings. The zero-order valence-electron chi connectivity index (χ0n) is 10.9. The number of rotatable bonds is 4. The first-order valence-corrected chi connectivity index (χ1v) is 6.22. The summed E-state index contributed by atoms with van der Waals surface area (Å²) in [5, 5.41) is 0.431. The lowest BCUT2D eigenvalue weighted by molar-refractivity contribution is -0.0522. The average Bonchev–Trinajstić information content (AvgIpc) is 2.39. The fourth-order valence-corrected chi connectivity index (χ4v) is 1.79. The van der Waals surface area contributed by atoms with Crippen LogP contribution in [0.25, 0.3) is 0 Å². The van der Waals surface area contributed by atoms with E-state index in [1.54, 1.807) is 19.1 Å². The van der Waals surface area contributed by atoms with E-state index in [1.807, 2.05) is 0 Å². The summed E-state index contributed by atoms with van der Waals surface area (Å²) in [6.45, 7) is -1.38. The summed E-state index contributed by atoms with van der Waals surface area (Å²) < 4.78 is 47.4. The molecule has 2 N–H and O–H groups in total. The minimum atomic E-state index is -3.15. The molecule has 2 aromatic carbocycles. The van der Waals surface area contributed by atoms with Crippen molar-refractivity contribution in [2.75, 3.05) is 5.73 Å². The third-order valence-electron chi connectivity index (χ3n) is 2.65. The van der Waals surface area contributed by atoms with Gasteiger partial charge in [0.2, 0.25) is 0 Å². The van der Waals surface area contributed by atoms with Crippen LogP contribution in [0.2, 0.25) is 5.02 Å². The van der Waals surface area contributed by atoms with Gasteiger partial charge in [-0.25, -0.2) is 4.39 Å². The number of ether oxygens (including phenoxy) is 2. The van der Waals surface area contributed by atoms with Crippen molar-refractivity contribution in [2.24, 2.45) is 0 Å². The summed E-state index contributed by atoms with van der Waals surface area (Å²) in [6, 6.07) is 6.74. The molecule has 0 saturated heterocycles. The van der Waals surface area contributed by atoms with Gasteiger partial charge in [-0.15, -0.1) is 0 Å². The minimum Gasteiger partial charge on any atom is -0.455 e. The van der Waals surface area contributed by atoms with Gasteiger partial charge < -0.3 is 15.2 Å². The Labute approximate surface area is 124 Å². The van der Waals surface area contributed by atoms with Gasteiger partial charge in [-0.05, 0) is 24.6 Å². The Kier molecular flexibility index (Phi) is 4.47. The predicted octanol–water partition coefficient (Wildman–Crippen LogP) is 4.76. The molecule has 0 aliphatic heterocycles. The SMILES string of the molecule is Cc1ccc(Cl)cc1Oc1cc(OC(F)F)c(F)cc1N. The number of aryl methyl sites for hydroxylation is 1. The highest BCUT2D eigenvalue weighted by molar-refractivity contribution is 6.30. The van der Waals surface area contributed by atoms with Gasteiger partial charge in [0.15, 0.2) is 17.3 Å². The van der Waals surface area contributed by atoms with E-state index < -0.39 is 18.2 Å². The second-order valence-electron chi connectivity index (χ2n) is 4.21. The highest BCUT2D eigenvalue weighted by Crippen LogP contribution is 2.36. The Hall–Kier alpha value is -2.08. The van der Waals surface area contributed by atoms with Gasteiger partial charge in [0.05, 0.1) is 5.69 Å². The van der Waals surface area contributed by atoms with Crippen LogP contribution in [0.15, 0.2) is 30.3 Å². The normalized spacial score (nSPS) is 10.8. The number of nitrogens with two attached hydrogens (primary N) is 1. The van der Waals surface area contributed by atoms with Crippen LogP contribution < -0.4 is 15.2 Å². The number of anilines is 1. The molecule has 112 valence electrons. The fraction of sp³-hybridized carbons (Fsp3) is 0.143. The highest BCUT2D eigenvalue weighted by Gasteiger charge is 2.15. The minimum absolute atomic E-state index is 0.00239. The molecule has 2 rings (SSSR count). The van der Waals surface area contributed by atoms with Gasteiger partial charge in [0.25, 0.3) is 0 Å². The molecule has 0 radical (unpaired) electrons. The Balaban J connectivity index is 2.37. The van der Waals surface area contributed by atoms with Crippen molar-refractivity contribution in [3.05, 3.63) is 46.7 Å². The van der Waals surface area contributed by atoms with Crippen molar-refractivity contribution >= 4 is 17.3 Å². The smallest absolute Gasteiger partial charge is 0.387 e. The van der Waals surface area contributed by atoms with E-state index in [2.05, 4.69) is 4.74 Å². The van der Waals surface area contributed by atoms with Crippen molar-refractivity contribution in [1.82, 2.24) is 0 Å². The summed E-state index contributed by atoms with van der Waals surface area (Å²) in [7, 11) is 0. The lowest BCUT2D eigenvalue weighted by atomic mass is 10.2. The van der Waals surface area contributed by atoms with Gasteiger partial charge in [-0.3, -0.25) is 0 Å². The standard InChI is InChI=1S/C14H11ClF3NO2/c1-7-2-3-8(15)4-11(7)20-13-6-12(21-14(17)18)9(16)5-10(13)19/h2-6,14H,19H2,1H3. The second-order valence-corrected chi connectivity index (χ2v) is 4.65. The van der Waals surface area contributed by atoms with Crippen molar-refractivity contribution in [3.8, 4) is 17.2 Å². The largest absolute Gasteiger partial charge is 0.455 e. The quantitative estimate of drug-likeness (QED) is 0.827. The van der Waals surface area contributed by atoms with Crippen LogP contribution in [-0.4, -0.2) is 6.61 Å². The molecular formula is C14H11ClF3NO2. The molecule has 0 unspecified atom stereocenters. The number of hydrogen-bond acceptors (Lipinski definition) is 3. The summed E-state index contributed by atoms with van der Waals surface area (Å²) in [5.74, 6) is -1.27. The van der Waals surface area contributed by atoms with Gasteiger partial charge in [0.1, 0.15) is 5.75 Å². The number of alkyl halides is 2. The van der Waals surface area contributed by atoms with Crippen LogP contribution in [-0.2, 0) is 0 Å². The van der Waals surface area contributed by atoms with Crippen molar-refractivity contribution in [2.45, 2.75) is 13.5 Å². The highest BCUT2D eigenvalue weighted by atomic mass is 35.5. The molecule has 0 amide bonds. The predicted molar refractivity (Wildman–Crippen MR) is 73.7 cm³/mol. The number of nitrogen functional groups attached to an aromatic ring is 1. The second kappa shape index (κ2) is 6.13. The lowest BCUT2D eigenvalue weighted by Crippen LogP contribution is -2.05. The van der Waals surface area contributed by atoms with E-state index in [4.69, 9.17) is 22.1 Å². The molecule has 0 heterocycles. The first-order chi connectivity index (χ1) is 9.86. The van der Waals surface area contributed by atoms with Crippen molar-refractivity contribution < 1.29 is 22.6 Å². The maximum Gasteiger partial charge on any atom is 0.387 e. The molecular weight excluding hydrogens is 307 g/mol. The molecule has 0 bridgehead atoms. The van der Waals surface area contributed by atoms with E-state index >= 15 is 0 Å². The maximum absolute atomic E-state index is 13.5. The monoisotopic (exact) mass is 317 g/mol. The van der Waals surface area contributed by atoms with Crippen molar-refractivity contribution in [1.29, 1.82) is 0 Å². The summed E-state index contributed by atoms with van der Waals surface area (Å²) >= 11 is 5.85. The first kappa shape index (κ1) is 15.3. The topological polar surface area (TPSA) is 44.5 Å². The molecule has 0 spiro atoms. The Morgan fingerprint density at radius 1 is 1.10 bits per heavy atom. The fourth-order valence-electron chi connectivity index (χ4n) is 1.63. The molecule has 0 saturated carbocycles. The van der Waals surface area contributed by atoms with Gasteiger partial charge in [-0.1, -0.05) is 17.7 Å². The molecule has 0 aromatic heterocycles. The Bertz CT molecular complexity index is 665. The Morgan fingerprint density at radius 3 is 2.48 bits per heavy atom. The number of benzene rings is 2. The average molecular weight is 318 g/mol. The maximum atomic E-state index is 13.5. The molecule has 3 nitrogen and oxygen atoms in total. The molecule has 21 heavy (non-hydrogen) atoms. The van der Waals surface area contributed by atoms with E-state index in [1.165, 1.54) is 6.07 Å². The van der Waals surface area contributed by atoms with Gasteiger partial charge >= 0.3 is 6.61 Å². The molecule has 0 aliphatic carbocycles. The van der Waals surface area contributed by atoms with Crippen LogP contribution in [0.3, 0.4) is 0 Å². The van der Waals surface area contributed by atoms with Crippen LogP contribution >= 0.6 is 11.6 Å². The van der Waals surface area contributed by atoms with E-state index in [0.717, 1.165) is 17.7 Å². The van der Waals surface area contributed by atoms with Gasteiger partial charge in [-0.2, -0.15) is 8.78 Å². The first-order valence-electron chi connectivity index (χ1n) is 5.84. The molecule has 0 atom stereocenters. The van der Waals surface area contributed by atoms with Gasteiger partial charge in [0, 0.05) is 17.2 Å². The summed E-state index contributed by atoms with van der Waals surface area (Å²) in [4.78, 5) is 0. The summed E-state index contributed by atoms with van der Waals surface area (Å²) in [6.07, 6.45) is 0. The third-order valence-corrected chi connectivity index (χ3v) is 2.89.